The monoisotopic (exact) mass is 561 g/mol. The molecule has 0 radical (unpaired) electrons. The number of aliphatic hydroxyl groups is 3. The Morgan fingerprint density at radius 1 is 1.20 bits per heavy atom. The number of benzene rings is 1. The Morgan fingerprint density at radius 2 is 1.88 bits per heavy atom. The molecule has 1 aromatic carbocycles. The topological polar surface area (TPSA) is 177 Å². The van der Waals surface area contributed by atoms with Gasteiger partial charge in [0.1, 0.15) is 11.9 Å². The highest BCUT2D eigenvalue weighted by Crippen LogP contribution is 2.44. The first-order valence-electron chi connectivity index (χ1n) is 13.6. The zero-order chi connectivity index (χ0) is 29.6. The molecule has 8 atom stereocenters. The third-order valence-electron chi connectivity index (χ3n) is 7.92. The number of carbonyl (C=O) groups excluding carboxylic acids is 1. The number of esters is 1. The van der Waals surface area contributed by atoms with Gasteiger partial charge < -0.3 is 29.9 Å². The summed E-state index contributed by atoms with van der Waals surface area (Å²) < 4.78 is 12.0. The number of non-ortho nitro benzene ring substituents is 1. The van der Waals surface area contributed by atoms with Gasteiger partial charge in [0, 0.05) is 24.5 Å². The summed E-state index contributed by atoms with van der Waals surface area (Å²) in [7, 11) is 0. The maximum absolute atomic E-state index is 13.5. The molecular formula is C29H39NO10. The van der Waals surface area contributed by atoms with Crippen LogP contribution in [0.15, 0.2) is 48.1 Å². The van der Waals surface area contributed by atoms with Crippen LogP contribution in [-0.2, 0) is 14.3 Å². The molecule has 1 aromatic rings. The number of carboxylic acid groups (broad SMARTS) is 1. The number of aliphatic carboxylic acids is 1. The van der Waals surface area contributed by atoms with E-state index >= 15 is 0 Å². The second-order valence-electron chi connectivity index (χ2n) is 11.0. The van der Waals surface area contributed by atoms with Gasteiger partial charge in [-0.25, -0.2) is 4.79 Å². The van der Waals surface area contributed by atoms with E-state index in [0.717, 1.165) is 5.57 Å². The van der Waals surface area contributed by atoms with E-state index in [0.29, 0.717) is 12.8 Å². The average Bonchev–Trinajstić information content (AvgIpc) is 2.87. The van der Waals surface area contributed by atoms with Crippen molar-refractivity contribution in [3.63, 3.8) is 0 Å². The molecule has 0 fully saturated rings. The molecule has 40 heavy (non-hydrogen) atoms. The molecule has 4 N–H and O–H groups in total. The summed E-state index contributed by atoms with van der Waals surface area (Å²) in [6.45, 7) is 5.38. The SMILES string of the molecule is CCC(C)(Oc1ccc([N+](=O)[O-])cc1)C(=O)O[C@H]1C[C@H](O)C=C2C=C[C@H](C)[C@H](CC[C@@H](O)C[C@@H](O)CC(=O)O)[C@H]21. The quantitative estimate of drug-likeness (QED) is 0.158. The first-order chi connectivity index (χ1) is 18.8. The van der Waals surface area contributed by atoms with E-state index in [1.54, 1.807) is 19.9 Å². The van der Waals surface area contributed by atoms with E-state index < -0.39 is 53.3 Å². The van der Waals surface area contributed by atoms with Crippen LogP contribution in [0.4, 0.5) is 5.69 Å². The molecule has 1 unspecified atom stereocenters. The highest BCUT2D eigenvalue weighted by molar-refractivity contribution is 5.79. The van der Waals surface area contributed by atoms with Gasteiger partial charge in [0.05, 0.1) is 29.7 Å². The van der Waals surface area contributed by atoms with E-state index in [1.807, 2.05) is 19.1 Å². The largest absolute Gasteiger partial charge is 0.481 e. The number of hydrogen-bond donors (Lipinski definition) is 4. The van der Waals surface area contributed by atoms with Crippen molar-refractivity contribution in [1.82, 2.24) is 0 Å². The maximum atomic E-state index is 13.5. The molecule has 0 bridgehead atoms. The number of fused-ring (bicyclic) bond motifs is 1. The third-order valence-corrected chi connectivity index (χ3v) is 7.92. The zero-order valence-electron chi connectivity index (χ0n) is 23.0. The molecule has 0 heterocycles. The summed E-state index contributed by atoms with van der Waals surface area (Å²) in [4.78, 5) is 34.8. The Morgan fingerprint density at radius 3 is 2.48 bits per heavy atom. The lowest BCUT2D eigenvalue weighted by molar-refractivity contribution is -0.384. The highest BCUT2D eigenvalue weighted by Gasteiger charge is 2.45. The first-order valence-corrected chi connectivity index (χ1v) is 13.6. The van der Waals surface area contributed by atoms with Crippen LogP contribution in [0, 0.1) is 27.9 Å². The molecule has 0 aromatic heterocycles. The van der Waals surface area contributed by atoms with Gasteiger partial charge >= 0.3 is 11.9 Å². The van der Waals surface area contributed by atoms with Gasteiger partial charge in [-0.1, -0.05) is 32.1 Å². The van der Waals surface area contributed by atoms with Crippen LogP contribution in [0.3, 0.4) is 0 Å². The van der Waals surface area contributed by atoms with Gasteiger partial charge in [-0.15, -0.1) is 0 Å². The van der Waals surface area contributed by atoms with Gasteiger partial charge in [-0.3, -0.25) is 14.9 Å². The van der Waals surface area contributed by atoms with Crippen molar-refractivity contribution in [2.24, 2.45) is 17.8 Å². The number of carboxylic acids is 1. The van der Waals surface area contributed by atoms with Gasteiger partial charge in [0.2, 0.25) is 5.60 Å². The molecule has 2 aliphatic carbocycles. The Kier molecular flexibility index (Phi) is 10.5. The Hall–Kier alpha value is -3.28. The lowest BCUT2D eigenvalue weighted by Gasteiger charge is -2.43. The predicted molar refractivity (Wildman–Crippen MR) is 144 cm³/mol. The van der Waals surface area contributed by atoms with Crippen LogP contribution in [0.25, 0.3) is 0 Å². The van der Waals surface area contributed by atoms with E-state index in [2.05, 4.69) is 0 Å². The average molecular weight is 562 g/mol. The van der Waals surface area contributed by atoms with Crippen molar-refractivity contribution in [3.8, 4) is 5.75 Å². The summed E-state index contributed by atoms with van der Waals surface area (Å²) in [6.07, 6.45) is 2.98. The van der Waals surface area contributed by atoms with Crippen molar-refractivity contribution < 1.29 is 44.4 Å². The number of nitro benzene ring substituents is 1. The second-order valence-corrected chi connectivity index (χ2v) is 11.0. The first kappa shape index (κ1) is 31.3. The van der Waals surface area contributed by atoms with E-state index in [4.69, 9.17) is 14.6 Å². The lowest BCUT2D eigenvalue weighted by atomic mass is 9.66. The van der Waals surface area contributed by atoms with E-state index in [-0.39, 0.29) is 48.5 Å². The number of allylic oxidation sites excluding steroid dienone is 2. The van der Waals surface area contributed by atoms with E-state index in [9.17, 15) is 35.0 Å². The van der Waals surface area contributed by atoms with E-state index in [1.165, 1.54) is 24.3 Å². The summed E-state index contributed by atoms with van der Waals surface area (Å²) in [5.74, 6) is -1.70. The number of rotatable bonds is 13. The molecule has 0 spiro atoms. The molecule has 2 aliphatic rings. The summed E-state index contributed by atoms with van der Waals surface area (Å²) >= 11 is 0. The van der Waals surface area contributed by atoms with Gasteiger partial charge in [0.15, 0.2) is 0 Å². The number of hydrogen-bond acceptors (Lipinski definition) is 9. The highest BCUT2D eigenvalue weighted by atomic mass is 16.6. The van der Waals surface area contributed by atoms with Crippen molar-refractivity contribution in [1.29, 1.82) is 0 Å². The van der Waals surface area contributed by atoms with Crippen LogP contribution in [-0.4, -0.2) is 67.3 Å². The van der Waals surface area contributed by atoms with Crippen LogP contribution in [0.5, 0.6) is 5.75 Å². The zero-order valence-corrected chi connectivity index (χ0v) is 23.0. The summed E-state index contributed by atoms with van der Waals surface area (Å²) in [5, 5.41) is 50.7. The molecule has 0 saturated carbocycles. The Labute approximate surface area is 233 Å². The van der Waals surface area contributed by atoms with Crippen molar-refractivity contribution in [2.45, 2.75) is 89.3 Å². The molecule has 0 aliphatic heterocycles. The second kappa shape index (κ2) is 13.4. The predicted octanol–water partition coefficient (Wildman–Crippen LogP) is 3.55. The molecule has 220 valence electrons. The lowest BCUT2D eigenvalue weighted by Crippen LogP contribution is -2.48. The molecule has 0 saturated heterocycles. The summed E-state index contributed by atoms with van der Waals surface area (Å²) in [6, 6.07) is 5.43. The number of carbonyl (C=O) groups is 2. The van der Waals surface area contributed by atoms with Crippen molar-refractivity contribution >= 4 is 17.6 Å². The Bertz CT molecular complexity index is 1120. The van der Waals surface area contributed by atoms with Gasteiger partial charge in [0.25, 0.3) is 5.69 Å². The number of aliphatic hydroxyl groups excluding tert-OH is 3. The smallest absolute Gasteiger partial charge is 0.350 e. The number of nitro groups is 1. The standard InChI is InChI=1S/C29H39NO10/c1-4-29(3,40-23-10-7-19(8-11-23)30(37)38)28(36)39-25-15-21(32)13-18-6-5-17(2)24(27(18)25)12-9-20(31)14-22(33)16-26(34)35/h5-8,10-11,13,17,20-22,24-25,27,31-33H,4,9,12,14-16H2,1-3H3,(H,34,35)/t17-,20+,21+,22+,24-,25-,27-,29?/m0/s1. The number of nitrogens with zero attached hydrogens (tertiary/aromatic N) is 1. The fraction of sp³-hybridized carbons (Fsp3) is 0.586. The van der Waals surface area contributed by atoms with Gasteiger partial charge in [-0.2, -0.15) is 0 Å². The third kappa shape index (κ3) is 7.89. The molecule has 11 nitrogen and oxygen atoms in total. The maximum Gasteiger partial charge on any atom is 0.350 e. The fourth-order valence-corrected chi connectivity index (χ4v) is 5.50. The molecule has 3 rings (SSSR count). The molecule has 11 heteroatoms. The van der Waals surface area contributed by atoms with Crippen LogP contribution < -0.4 is 4.74 Å². The minimum absolute atomic E-state index is 0.0451. The fourth-order valence-electron chi connectivity index (χ4n) is 5.50. The number of ether oxygens (including phenoxy) is 2. The Balaban J connectivity index is 1.74. The minimum atomic E-state index is -1.38. The molecular weight excluding hydrogens is 522 g/mol. The van der Waals surface area contributed by atoms with Crippen molar-refractivity contribution in [3.05, 3.63) is 58.2 Å². The molecule has 0 amide bonds. The van der Waals surface area contributed by atoms with Crippen LogP contribution in [0.1, 0.15) is 59.3 Å². The normalized spacial score (nSPS) is 26.9. The minimum Gasteiger partial charge on any atom is -0.481 e. The van der Waals surface area contributed by atoms with Crippen LogP contribution >= 0.6 is 0 Å². The summed E-state index contributed by atoms with van der Waals surface area (Å²) in [5.41, 5.74) is -0.643. The van der Waals surface area contributed by atoms with Crippen LogP contribution in [0.2, 0.25) is 0 Å². The van der Waals surface area contributed by atoms with Gasteiger partial charge in [-0.05, 0) is 62.1 Å². The van der Waals surface area contributed by atoms with Crippen molar-refractivity contribution in [2.75, 3.05) is 0 Å².